The minimum atomic E-state index is -5.44. The molecule has 19 nitrogen and oxygen atoms in total. The van der Waals surface area contributed by atoms with E-state index >= 15 is 8.78 Å². The summed E-state index contributed by atoms with van der Waals surface area (Å²) in [5.41, 5.74) is -9.02. The zero-order valence-electron chi connectivity index (χ0n) is 44.8. The molecule has 4 atom stereocenters. The van der Waals surface area contributed by atoms with E-state index in [2.05, 4.69) is 32.3 Å². The van der Waals surface area contributed by atoms with Gasteiger partial charge in [-0.1, -0.05) is 37.4 Å². The molecular formula is C52H46ClF10N7O12PS2-. The summed E-state index contributed by atoms with van der Waals surface area (Å²) < 4.78 is 216. The molecule has 3 aromatic heterocycles. The quantitative estimate of drug-likeness (QED) is 0.0270. The van der Waals surface area contributed by atoms with E-state index in [-0.39, 0.29) is 48.9 Å². The van der Waals surface area contributed by atoms with Crippen molar-refractivity contribution in [3.05, 3.63) is 128 Å². The second kappa shape index (κ2) is 22.4. The molecule has 0 radical (unpaired) electrons. The van der Waals surface area contributed by atoms with Gasteiger partial charge in [0.05, 0.1) is 51.3 Å². The SMILES string of the molecule is Cc1cc(C(=O)O)cc(OP(=O)(O)O)c1C(C)(C)CC(=O)N(Cc1nn(CC(F)(F)F)c2c(-c3ccc(C#CC(C)(C)S(C)(=O)=O)nc3C(Cc3cc(F)cc(F)c3)NC(=O)Cn3nc(C(F)(F)F)c4c3C(F)(F)[C@@H]3C[C@H]43)ccc(Cl)c12)S(=O)[O-]. The zero-order valence-corrected chi connectivity index (χ0v) is 48.1. The van der Waals surface area contributed by atoms with Gasteiger partial charge in [-0.25, -0.2) is 31.5 Å². The standard InChI is InChI=1S/C52H47ClF10N7O12PS2/c1-24-13-26(47(73)74)17-37(82-83(75,76)77)42(24)48(2,3)20-39(72)70(84(78)79)21-36-41-34(53)10-9-31(44(41)69(66-36)23-50(56,57)58)30-8-7-29(11-12-49(4,5)85(6,80)81)64-43(30)35(16-25-14-27(54)18-28(55)15-25)65-38(71)22-68-46-40(45(67-68)52(61,62)63)32-19-33(32)51(46,59)60/h7-10,13-15,17-18,32-33,35H,16,19-23H2,1-6H3,(H,65,71)(H,73,74)(H,78,79)(H2,75,76,77)/p-1/t32-,33+,35?/m0/s1. The molecule has 0 saturated heterocycles. The maximum absolute atomic E-state index is 15.7. The number of aromatic nitrogens is 5. The van der Waals surface area contributed by atoms with Gasteiger partial charge in [0, 0.05) is 57.7 Å². The highest BCUT2D eigenvalue weighted by molar-refractivity contribution is 7.92. The molecule has 456 valence electrons. The van der Waals surface area contributed by atoms with Gasteiger partial charge in [0.25, 0.3) is 5.92 Å². The van der Waals surface area contributed by atoms with Gasteiger partial charge in [-0.2, -0.15) is 45.3 Å². The first-order valence-corrected chi connectivity index (χ1v) is 29.6. The van der Waals surface area contributed by atoms with Crippen LogP contribution in [0.4, 0.5) is 43.9 Å². The second-order valence-corrected chi connectivity index (χ2v) is 26.4. The molecule has 33 heteroatoms. The van der Waals surface area contributed by atoms with Gasteiger partial charge in [-0.05, 0) is 99.0 Å². The molecule has 0 aliphatic heterocycles. The Morgan fingerprint density at radius 2 is 1.62 bits per heavy atom. The number of benzene rings is 3. The fraction of sp³-hybridized carbons (Fsp3) is 0.385. The Hall–Kier alpha value is -6.94. The average molecular weight is 1280 g/mol. The summed E-state index contributed by atoms with van der Waals surface area (Å²) >= 11 is 3.12. The van der Waals surface area contributed by atoms with Gasteiger partial charge in [-0.3, -0.25) is 37.3 Å². The number of carboxylic acid groups (broad SMARTS) is 1. The third-order valence-electron chi connectivity index (χ3n) is 14.2. The summed E-state index contributed by atoms with van der Waals surface area (Å²) in [7, 11) is -9.39. The van der Waals surface area contributed by atoms with E-state index in [4.69, 9.17) is 16.1 Å². The van der Waals surface area contributed by atoms with Crippen LogP contribution in [0.3, 0.4) is 0 Å². The number of phosphoric acid groups is 1. The van der Waals surface area contributed by atoms with Crippen LogP contribution in [0.25, 0.3) is 22.0 Å². The molecule has 4 N–H and O–H groups in total. The van der Waals surface area contributed by atoms with Crippen LogP contribution in [0.5, 0.6) is 5.75 Å². The average Bonchev–Trinajstić information content (AvgIpc) is 1.68. The number of aryl methyl sites for hydroxylation is 1. The van der Waals surface area contributed by atoms with E-state index in [1.54, 1.807) is 0 Å². The number of halogens is 11. The van der Waals surface area contributed by atoms with Crippen molar-refractivity contribution < 1.29 is 99.4 Å². The van der Waals surface area contributed by atoms with Gasteiger partial charge in [0.15, 0.2) is 15.5 Å². The van der Waals surface area contributed by atoms with Crippen molar-refractivity contribution in [2.75, 3.05) is 6.26 Å². The molecule has 2 unspecified atom stereocenters. The Morgan fingerprint density at radius 3 is 2.20 bits per heavy atom. The molecule has 1 fully saturated rings. The van der Waals surface area contributed by atoms with Crippen LogP contribution >= 0.6 is 19.4 Å². The lowest BCUT2D eigenvalue weighted by Crippen LogP contribution is -2.37. The molecule has 0 spiro atoms. The smallest absolute Gasteiger partial charge is 0.524 e. The molecule has 8 rings (SSSR count). The Bertz CT molecular complexity index is 4010. The number of fused-ring (bicyclic) bond motifs is 4. The molecule has 3 heterocycles. The maximum atomic E-state index is 15.7. The molecule has 85 heavy (non-hydrogen) atoms. The Kier molecular flexibility index (Phi) is 16.9. The largest absolute Gasteiger partial charge is 0.755 e. The first-order chi connectivity index (χ1) is 39.0. The topological polar surface area (TPSA) is 276 Å². The molecular weight excluding hydrogens is 1240 g/mol. The lowest BCUT2D eigenvalue weighted by Gasteiger charge is -2.32. The number of aromatic carboxylic acids is 1. The number of pyridine rings is 1. The highest BCUT2D eigenvalue weighted by atomic mass is 35.5. The first-order valence-electron chi connectivity index (χ1n) is 24.8. The highest BCUT2D eigenvalue weighted by Gasteiger charge is 2.68. The van der Waals surface area contributed by atoms with E-state index in [0.717, 1.165) is 54.8 Å². The van der Waals surface area contributed by atoms with Gasteiger partial charge >= 0.3 is 26.1 Å². The van der Waals surface area contributed by atoms with Crippen molar-refractivity contribution in [1.29, 1.82) is 0 Å². The summed E-state index contributed by atoms with van der Waals surface area (Å²) in [5, 5.41) is 18.6. The van der Waals surface area contributed by atoms with Crippen LogP contribution in [0.15, 0.2) is 54.6 Å². The Balaban J connectivity index is 1.30. The number of sulfone groups is 1. The van der Waals surface area contributed by atoms with Crippen LogP contribution in [-0.2, 0) is 78.8 Å². The molecule has 2 amide bonds. The summed E-state index contributed by atoms with van der Waals surface area (Å²) in [6, 6.07) is 6.49. The Labute approximate surface area is 483 Å². The van der Waals surface area contributed by atoms with Crippen LogP contribution in [0.2, 0.25) is 5.02 Å². The van der Waals surface area contributed by atoms with Crippen molar-refractivity contribution in [1.82, 2.24) is 34.2 Å². The summed E-state index contributed by atoms with van der Waals surface area (Å²) in [4.78, 5) is 64.3. The predicted molar refractivity (Wildman–Crippen MR) is 281 cm³/mol. The number of carboxylic acids is 1. The van der Waals surface area contributed by atoms with Crippen LogP contribution in [0.1, 0.15) is 114 Å². The number of alkyl halides is 8. The lowest BCUT2D eigenvalue weighted by atomic mass is 9.78. The number of phosphoric ester groups is 1. The fourth-order valence-corrected chi connectivity index (χ4v) is 11.7. The third-order valence-corrected chi connectivity index (χ3v) is 17.6. The van der Waals surface area contributed by atoms with Crippen LogP contribution in [0, 0.1) is 36.3 Å². The normalized spacial score (nSPS) is 16.7. The summed E-state index contributed by atoms with van der Waals surface area (Å²) in [6.45, 7) is 1.82. The zero-order chi connectivity index (χ0) is 63.2. The fourth-order valence-electron chi connectivity index (χ4n) is 10.3. The number of nitrogens with zero attached hydrogens (tertiary/aromatic N) is 6. The highest BCUT2D eigenvalue weighted by Crippen LogP contribution is 2.68. The van der Waals surface area contributed by atoms with E-state index in [9.17, 15) is 86.1 Å². The predicted octanol–water partition coefficient (Wildman–Crippen LogP) is 9.26. The third kappa shape index (κ3) is 13.5. The van der Waals surface area contributed by atoms with E-state index in [1.807, 2.05) is 0 Å². The number of hydrogen-bond acceptors (Lipinski definition) is 12. The van der Waals surface area contributed by atoms with Crippen LogP contribution < -0.4 is 9.84 Å². The minimum absolute atomic E-state index is 0.00478. The number of amides is 2. The number of rotatable bonds is 18. The van der Waals surface area contributed by atoms with E-state index in [1.165, 1.54) is 34.6 Å². The van der Waals surface area contributed by atoms with Crippen LogP contribution in [-0.4, -0.2) is 95.9 Å². The van der Waals surface area contributed by atoms with Gasteiger partial charge in [0.2, 0.25) is 11.8 Å². The summed E-state index contributed by atoms with van der Waals surface area (Å²) in [6.07, 6.45) is -11.5. The van der Waals surface area contributed by atoms with Crippen molar-refractivity contribution >= 4 is 69.2 Å². The van der Waals surface area contributed by atoms with Crippen molar-refractivity contribution in [2.45, 2.75) is 114 Å². The molecule has 2 aliphatic carbocycles. The number of hydrogen-bond donors (Lipinski definition) is 4. The first kappa shape index (κ1) is 64.1. The minimum Gasteiger partial charge on any atom is -0.755 e. The molecule has 2 aliphatic rings. The monoisotopic (exact) mass is 1280 g/mol. The van der Waals surface area contributed by atoms with E-state index < -0.39 is 193 Å². The van der Waals surface area contributed by atoms with E-state index in [0.29, 0.717) is 10.7 Å². The molecule has 0 bridgehead atoms. The number of nitrogens with one attached hydrogen (secondary N) is 1. The second-order valence-electron chi connectivity index (χ2n) is 21.4. The van der Waals surface area contributed by atoms with Gasteiger partial charge in [-0.15, -0.1) is 0 Å². The molecule has 1 saturated carbocycles. The van der Waals surface area contributed by atoms with Crippen molar-refractivity contribution in [3.8, 4) is 28.7 Å². The molecule has 6 aromatic rings. The Morgan fingerprint density at radius 1 is 0.988 bits per heavy atom. The number of carbonyl (C=O) groups is 3. The lowest BCUT2D eigenvalue weighted by molar-refractivity contribution is -0.143. The molecule has 3 aromatic carbocycles. The van der Waals surface area contributed by atoms with Crippen molar-refractivity contribution in [3.63, 3.8) is 0 Å². The van der Waals surface area contributed by atoms with Crippen molar-refractivity contribution in [2.24, 2.45) is 5.92 Å². The maximum Gasteiger partial charge on any atom is 0.524 e. The van der Waals surface area contributed by atoms with Gasteiger partial charge in [0.1, 0.15) is 46.6 Å². The summed E-state index contributed by atoms with van der Waals surface area (Å²) in [5.74, 6) is -8.84. The number of carbonyl (C=O) groups excluding carboxylic acids is 2. The van der Waals surface area contributed by atoms with Gasteiger partial charge < -0.3 is 19.5 Å².